The molecule has 0 aromatic heterocycles. The number of hydrogen-bond acceptors (Lipinski definition) is 3. The van der Waals surface area contributed by atoms with Crippen molar-refractivity contribution in [2.45, 2.75) is 29.0 Å². The number of carbonyl (C=O) groups is 1. The first-order valence-corrected chi connectivity index (χ1v) is 9.03. The summed E-state index contributed by atoms with van der Waals surface area (Å²) in [6.45, 7) is 1.35. The Hall–Kier alpha value is -1.85. The highest BCUT2D eigenvalue weighted by Gasteiger charge is 2.29. The molecule has 1 aliphatic rings. The van der Waals surface area contributed by atoms with Gasteiger partial charge in [0.05, 0.1) is 0 Å². The number of likely N-dealkylation sites (tertiary alicyclic amines) is 1. The lowest BCUT2D eigenvalue weighted by Crippen LogP contribution is -2.47. The molecule has 3 nitrogen and oxygen atoms in total. The number of piperidine rings is 1. The van der Waals surface area contributed by atoms with Gasteiger partial charge in [-0.3, -0.25) is 4.79 Å². The Morgan fingerprint density at radius 1 is 1.17 bits per heavy atom. The number of amides is 1. The van der Waals surface area contributed by atoms with E-state index in [0.717, 1.165) is 29.8 Å². The summed E-state index contributed by atoms with van der Waals surface area (Å²) in [5.74, 6) is -0.199. The van der Waals surface area contributed by atoms with Crippen LogP contribution in [0.5, 0.6) is 0 Å². The van der Waals surface area contributed by atoms with Gasteiger partial charge >= 0.3 is 0 Å². The lowest BCUT2D eigenvalue weighted by Gasteiger charge is -2.33. The fraction of sp³-hybridized carbons (Fsp3) is 0.316. The van der Waals surface area contributed by atoms with E-state index in [1.54, 1.807) is 12.1 Å². The molecule has 1 heterocycles. The third kappa shape index (κ3) is 4.16. The largest absolute Gasteiger partial charge is 0.340 e. The van der Waals surface area contributed by atoms with Crippen molar-refractivity contribution >= 4 is 17.7 Å². The summed E-state index contributed by atoms with van der Waals surface area (Å²) >= 11 is 1.45. The normalized spacial score (nSPS) is 19.1. The van der Waals surface area contributed by atoms with Crippen LogP contribution in [0.2, 0.25) is 0 Å². The van der Waals surface area contributed by atoms with Crippen molar-refractivity contribution in [2.75, 3.05) is 13.1 Å². The fourth-order valence-corrected chi connectivity index (χ4v) is 4.02. The van der Waals surface area contributed by atoms with E-state index in [1.807, 2.05) is 35.2 Å². The van der Waals surface area contributed by atoms with Crippen molar-refractivity contribution in [2.24, 2.45) is 5.73 Å². The Balaban J connectivity index is 1.84. The second kappa shape index (κ2) is 7.81. The van der Waals surface area contributed by atoms with E-state index >= 15 is 0 Å². The number of rotatable bonds is 4. The molecular formula is C19H21FN2OS. The number of nitrogens with zero attached hydrogens (tertiary/aromatic N) is 1. The van der Waals surface area contributed by atoms with Crippen LogP contribution in [0.25, 0.3) is 0 Å². The molecule has 0 aliphatic carbocycles. The molecule has 126 valence electrons. The van der Waals surface area contributed by atoms with Crippen LogP contribution in [0.3, 0.4) is 0 Å². The van der Waals surface area contributed by atoms with Crippen LogP contribution in [0.1, 0.15) is 23.7 Å². The third-order valence-corrected chi connectivity index (χ3v) is 5.42. The molecular weight excluding hydrogens is 323 g/mol. The molecule has 1 fully saturated rings. The van der Waals surface area contributed by atoms with Crippen molar-refractivity contribution in [1.82, 2.24) is 4.90 Å². The van der Waals surface area contributed by atoms with Crippen molar-refractivity contribution < 1.29 is 9.18 Å². The summed E-state index contributed by atoms with van der Waals surface area (Å²) in [7, 11) is 0. The molecule has 1 saturated heterocycles. The van der Waals surface area contributed by atoms with Gasteiger partial charge in [0, 0.05) is 24.0 Å². The van der Waals surface area contributed by atoms with E-state index in [4.69, 9.17) is 5.73 Å². The molecule has 1 aliphatic heterocycles. The van der Waals surface area contributed by atoms with Gasteiger partial charge < -0.3 is 10.6 Å². The molecule has 2 unspecified atom stereocenters. The maximum absolute atomic E-state index is 13.1. The summed E-state index contributed by atoms with van der Waals surface area (Å²) in [5, 5.41) is -0.345. The van der Waals surface area contributed by atoms with Crippen LogP contribution in [-0.4, -0.2) is 29.9 Å². The molecule has 1 amide bonds. The second-order valence-electron chi connectivity index (χ2n) is 6.05. The molecule has 2 aromatic carbocycles. The first kappa shape index (κ1) is 17.0. The highest BCUT2D eigenvalue weighted by atomic mass is 32.2. The summed E-state index contributed by atoms with van der Waals surface area (Å²) in [4.78, 5) is 15.8. The maximum Gasteiger partial charge on any atom is 0.240 e. The smallest absolute Gasteiger partial charge is 0.240 e. The minimum Gasteiger partial charge on any atom is -0.340 e. The second-order valence-corrected chi connectivity index (χ2v) is 7.23. The summed E-state index contributed by atoms with van der Waals surface area (Å²) in [6, 6.07) is 16.0. The Bertz CT molecular complexity index is 678. The molecule has 0 saturated carbocycles. The zero-order valence-corrected chi connectivity index (χ0v) is 14.2. The van der Waals surface area contributed by atoms with Gasteiger partial charge in [-0.05, 0) is 42.7 Å². The summed E-state index contributed by atoms with van der Waals surface area (Å²) in [6.07, 6.45) is 1.90. The number of carbonyl (C=O) groups excluding carboxylic acids is 1. The van der Waals surface area contributed by atoms with Gasteiger partial charge in [0.15, 0.2) is 0 Å². The van der Waals surface area contributed by atoms with E-state index in [1.165, 1.54) is 23.9 Å². The summed E-state index contributed by atoms with van der Waals surface area (Å²) < 4.78 is 13.1. The van der Waals surface area contributed by atoms with Crippen LogP contribution in [-0.2, 0) is 4.79 Å². The standard InChI is InChI=1S/C19H21FN2OS/c20-15-8-10-17(11-9-15)24-18(14-5-2-1-3-6-14)19(23)22-12-4-7-16(21)13-22/h1-3,5-6,8-11,16,18H,4,7,12-13,21H2. The van der Waals surface area contributed by atoms with Crippen molar-refractivity contribution in [3.8, 4) is 0 Å². The maximum atomic E-state index is 13.1. The van der Waals surface area contributed by atoms with E-state index in [2.05, 4.69) is 0 Å². The average molecular weight is 344 g/mol. The van der Waals surface area contributed by atoms with Gasteiger partial charge in [-0.25, -0.2) is 4.39 Å². The van der Waals surface area contributed by atoms with Gasteiger partial charge in [0.1, 0.15) is 11.1 Å². The highest BCUT2D eigenvalue weighted by molar-refractivity contribution is 8.00. The predicted molar refractivity (Wildman–Crippen MR) is 95.2 cm³/mol. The zero-order chi connectivity index (χ0) is 16.9. The Morgan fingerprint density at radius 3 is 2.54 bits per heavy atom. The Labute approximate surface area is 146 Å². The van der Waals surface area contributed by atoms with Crippen molar-refractivity contribution in [3.63, 3.8) is 0 Å². The molecule has 2 atom stereocenters. The molecule has 0 bridgehead atoms. The van der Waals surface area contributed by atoms with Gasteiger partial charge in [-0.1, -0.05) is 30.3 Å². The van der Waals surface area contributed by atoms with Gasteiger partial charge in [-0.15, -0.1) is 11.8 Å². The van der Waals surface area contributed by atoms with Crippen LogP contribution in [0.4, 0.5) is 4.39 Å². The fourth-order valence-electron chi connectivity index (χ4n) is 2.91. The monoisotopic (exact) mass is 344 g/mol. The number of hydrogen-bond donors (Lipinski definition) is 1. The zero-order valence-electron chi connectivity index (χ0n) is 13.4. The lowest BCUT2D eigenvalue weighted by molar-refractivity contribution is -0.131. The third-order valence-electron chi connectivity index (χ3n) is 4.16. The average Bonchev–Trinajstić information content (AvgIpc) is 2.61. The minimum absolute atomic E-state index is 0.0509. The van der Waals surface area contributed by atoms with E-state index in [0.29, 0.717) is 6.54 Å². The quantitative estimate of drug-likeness (QED) is 0.862. The predicted octanol–water partition coefficient (Wildman–Crippen LogP) is 3.61. The number of benzene rings is 2. The SMILES string of the molecule is NC1CCCN(C(=O)C(Sc2ccc(F)cc2)c2ccccc2)C1. The molecule has 2 N–H and O–H groups in total. The molecule has 0 radical (unpaired) electrons. The van der Waals surface area contributed by atoms with E-state index in [-0.39, 0.29) is 23.0 Å². The molecule has 5 heteroatoms. The van der Waals surface area contributed by atoms with Gasteiger partial charge in [-0.2, -0.15) is 0 Å². The first-order chi connectivity index (χ1) is 11.6. The van der Waals surface area contributed by atoms with Gasteiger partial charge in [0.25, 0.3) is 0 Å². The van der Waals surface area contributed by atoms with Crippen LogP contribution < -0.4 is 5.73 Å². The minimum atomic E-state index is -0.345. The molecule has 0 spiro atoms. The Morgan fingerprint density at radius 2 is 1.88 bits per heavy atom. The Kier molecular flexibility index (Phi) is 5.53. The molecule has 3 rings (SSSR count). The van der Waals surface area contributed by atoms with Crippen LogP contribution in [0, 0.1) is 5.82 Å². The van der Waals surface area contributed by atoms with Crippen molar-refractivity contribution in [3.05, 3.63) is 66.0 Å². The molecule has 2 aromatic rings. The highest BCUT2D eigenvalue weighted by Crippen LogP contribution is 2.37. The number of thioether (sulfide) groups is 1. The van der Waals surface area contributed by atoms with Crippen LogP contribution >= 0.6 is 11.8 Å². The van der Waals surface area contributed by atoms with Crippen LogP contribution in [0.15, 0.2) is 59.5 Å². The lowest BCUT2D eigenvalue weighted by atomic mass is 10.0. The van der Waals surface area contributed by atoms with E-state index < -0.39 is 0 Å². The summed E-state index contributed by atoms with van der Waals surface area (Å²) in [5.41, 5.74) is 6.98. The molecule has 24 heavy (non-hydrogen) atoms. The van der Waals surface area contributed by atoms with Crippen molar-refractivity contribution in [1.29, 1.82) is 0 Å². The first-order valence-electron chi connectivity index (χ1n) is 8.15. The number of nitrogens with two attached hydrogens (primary N) is 1. The van der Waals surface area contributed by atoms with Gasteiger partial charge in [0.2, 0.25) is 5.91 Å². The number of halogens is 1. The topological polar surface area (TPSA) is 46.3 Å². The van der Waals surface area contributed by atoms with E-state index in [9.17, 15) is 9.18 Å².